The average Bonchev–Trinajstić information content (AvgIpc) is 2.23. The first kappa shape index (κ1) is 12.0. The van der Waals surface area contributed by atoms with Crippen LogP contribution in [0.5, 0.6) is 5.75 Å². The molecule has 0 amide bonds. The highest BCUT2D eigenvalue weighted by Crippen LogP contribution is 2.44. The van der Waals surface area contributed by atoms with Gasteiger partial charge in [-0.1, -0.05) is 6.07 Å². The van der Waals surface area contributed by atoms with Gasteiger partial charge in [0.25, 0.3) is 0 Å². The molecule has 0 aromatic heterocycles. The van der Waals surface area contributed by atoms with Gasteiger partial charge in [-0.2, -0.15) is 0 Å². The molecule has 2 fully saturated rings. The van der Waals surface area contributed by atoms with Crippen molar-refractivity contribution in [1.29, 1.82) is 0 Å². The Morgan fingerprint density at radius 1 is 1.22 bits per heavy atom. The zero-order valence-corrected chi connectivity index (χ0v) is 11.4. The van der Waals surface area contributed by atoms with E-state index < -0.39 is 0 Å². The van der Waals surface area contributed by atoms with Crippen LogP contribution in [0.25, 0.3) is 0 Å². The molecule has 0 unspecified atom stereocenters. The number of aryl methyl sites for hydroxylation is 2. The van der Waals surface area contributed by atoms with Crippen LogP contribution in [0.2, 0.25) is 0 Å². The van der Waals surface area contributed by atoms with E-state index in [1.54, 1.807) is 7.11 Å². The van der Waals surface area contributed by atoms with Gasteiger partial charge in [-0.15, -0.1) is 0 Å². The topological polar surface area (TPSA) is 30.5 Å². The van der Waals surface area contributed by atoms with Crippen molar-refractivity contribution in [1.82, 2.24) is 5.32 Å². The summed E-state index contributed by atoms with van der Waals surface area (Å²) < 4.78 is 10.9. The van der Waals surface area contributed by atoms with E-state index in [-0.39, 0.29) is 5.41 Å². The molecule has 0 atom stereocenters. The summed E-state index contributed by atoms with van der Waals surface area (Å²) in [6, 6.07) is 4.46. The molecule has 18 heavy (non-hydrogen) atoms. The normalized spacial score (nSPS) is 22.2. The molecule has 98 valence electrons. The molecule has 1 aromatic carbocycles. The smallest absolute Gasteiger partial charge is 0.122 e. The Bertz CT molecular complexity index is 462. The zero-order valence-electron chi connectivity index (χ0n) is 11.4. The molecule has 3 rings (SSSR count). The number of hydrogen-bond acceptors (Lipinski definition) is 3. The van der Waals surface area contributed by atoms with Crippen LogP contribution < -0.4 is 10.1 Å². The third-order valence-corrected chi connectivity index (χ3v) is 4.56. The molecule has 3 heteroatoms. The second-order valence-electron chi connectivity index (χ2n) is 5.64. The summed E-state index contributed by atoms with van der Waals surface area (Å²) in [5.74, 6) is 1.70. The molecule has 1 aromatic rings. The van der Waals surface area contributed by atoms with Crippen LogP contribution in [-0.2, 0) is 10.2 Å². The zero-order chi connectivity index (χ0) is 12.8. The third kappa shape index (κ3) is 1.57. The number of benzene rings is 1. The van der Waals surface area contributed by atoms with E-state index >= 15 is 0 Å². The van der Waals surface area contributed by atoms with Crippen molar-refractivity contribution in [2.24, 2.45) is 5.92 Å². The highest BCUT2D eigenvalue weighted by Gasteiger charge is 2.49. The van der Waals surface area contributed by atoms with Gasteiger partial charge in [0.15, 0.2) is 0 Å². The Morgan fingerprint density at radius 2 is 1.94 bits per heavy atom. The Morgan fingerprint density at radius 3 is 2.39 bits per heavy atom. The minimum atomic E-state index is 0.242. The summed E-state index contributed by atoms with van der Waals surface area (Å²) in [5, 5.41) is 3.38. The summed E-state index contributed by atoms with van der Waals surface area (Å²) in [4.78, 5) is 0. The van der Waals surface area contributed by atoms with Crippen LogP contribution in [0.3, 0.4) is 0 Å². The number of hydrogen-bond donors (Lipinski definition) is 1. The maximum Gasteiger partial charge on any atom is 0.122 e. The van der Waals surface area contributed by atoms with Crippen LogP contribution in [-0.4, -0.2) is 33.4 Å². The molecule has 2 aliphatic rings. The molecular formula is C15H21NO2. The highest BCUT2D eigenvalue weighted by atomic mass is 16.5. The predicted molar refractivity (Wildman–Crippen MR) is 71.3 cm³/mol. The molecule has 2 saturated heterocycles. The first-order chi connectivity index (χ1) is 8.67. The van der Waals surface area contributed by atoms with Crippen LogP contribution >= 0.6 is 0 Å². The van der Waals surface area contributed by atoms with Gasteiger partial charge in [-0.25, -0.2) is 0 Å². The summed E-state index contributed by atoms with van der Waals surface area (Å²) in [5.41, 5.74) is 4.25. The lowest BCUT2D eigenvalue weighted by atomic mass is 9.65. The van der Waals surface area contributed by atoms with Crippen LogP contribution in [0, 0.1) is 19.8 Å². The van der Waals surface area contributed by atoms with Gasteiger partial charge in [0.2, 0.25) is 0 Å². The van der Waals surface area contributed by atoms with Crippen molar-refractivity contribution < 1.29 is 9.47 Å². The molecule has 2 heterocycles. The van der Waals surface area contributed by atoms with E-state index in [9.17, 15) is 0 Å². The third-order valence-electron chi connectivity index (χ3n) is 4.56. The first-order valence-corrected chi connectivity index (χ1v) is 6.61. The molecule has 2 aliphatic heterocycles. The standard InChI is InChI=1S/C15H21NO2/c1-10-5-14(17-3)11(2)4-13(10)15(8-18-9-15)12-6-16-7-12/h4-5,12,16H,6-9H2,1-3H3. The van der Waals surface area contributed by atoms with Gasteiger partial charge in [0.1, 0.15) is 5.75 Å². The molecule has 0 saturated carbocycles. The summed E-state index contributed by atoms with van der Waals surface area (Å²) in [6.45, 7) is 8.27. The fraction of sp³-hybridized carbons (Fsp3) is 0.600. The van der Waals surface area contributed by atoms with E-state index in [1.807, 2.05) is 0 Å². The lowest BCUT2D eigenvalue weighted by molar-refractivity contribution is -0.101. The Kier molecular flexibility index (Phi) is 2.83. The van der Waals surface area contributed by atoms with E-state index in [2.05, 4.69) is 31.3 Å². The molecule has 0 spiro atoms. The minimum Gasteiger partial charge on any atom is -0.496 e. The summed E-state index contributed by atoms with van der Waals surface area (Å²) in [7, 11) is 1.74. The van der Waals surface area contributed by atoms with Crippen molar-refractivity contribution in [3.8, 4) is 5.75 Å². The van der Waals surface area contributed by atoms with Gasteiger partial charge < -0.3 is 14.8 Å². The van der Waals surface area contributed by atoms with Crippen molar-refractivity contribution >= 4 is 0 Å². The van der Waals surface area contributed by atoms with Gasteiger partial charge in [0.05, 0.1) is 20.3 Å². The largest absolute Gasteiger partial charge is 0.496 e. The molecule has 0 radical (unpaired) electrons. The highest BCUT2D eigenvalue weighted by molar-refractivity contribution is 5.46. The fourth-order valence-electron chi connectivity index (χ4n) is 3.16. The Labute approximate surface area is 108 Å². The van der Waals surface area contributed by atoms with Crippen molar-refractivity contribution in [3.05, 3.63) is 28.8 Å². The molecule has 1 N–H and O–H groups in total. The number of ether oxygens (including phenoxy) is 2. The van der Waals surface area contributed by atoms with E-state index in [0.717, 1.165) is 38.0 Å². The van der Waals surface area contributed by atoms with Crippen molar-refractivity contribution in [3.63, 3.8) is 0 Å². The number of rotatable bonds is 3. The molecular weight excluding hydrogens is 226 g/mol. The van der Waals surface area contributed by atoms with Crippen molar-refractivity contribution in [2.75, 3.05) is 33.4 Å². The molecule has 0 bridgehead atoms. The lowest BCUT2D eigenvalue weighted by Crippen LogP contribution is -2.62. The molecule has 0 aliphatic carbocycles. The predicted octanol–water partition coefficient (Wildman–Crippen LogP) is 1.80. The lowest BCUT2D eigenvalue weighted by Gasteiger charge is -2.52. The van der Waals surface area contributed by atoms with Gasteiger partial charge in [0, 0.05) is 18.5 Å². The fourth-order valence-corrected chi connectivity index (χ4v) is 3.16. The Balaban J connectivity index is 2.02. The summed E-state index contributed by atoms with van der Waals surface area (Å²) >= 11 is 0. The maximum atomic E-state index is 5.54. The first-order valence-electron chi connectivity index (χ1n) is 6.61. The van der Waals surface area contributed by atoms with E-state index in [1.165, 1.54) is 16.7 Å². The van der Waals surface area contributed by atoms with Crippen molar-refractivity contribution in [2.45, 2.75) is 19.3 Å². The van der Waals surface area contributed by atoms with Gasteiger partial charge in [-0.3, -0.25) is 0 Å². The van der Waals surface area contributed by atoms with Crippen LogP contribution in [0.1, 0.15) is 16.7 Å². The average molecular weight is 247 g/mol. The van der Waals surface area contributed by atoms with Crippen LogP contribution in [0.4, 0.5) is 0 Å². The second-order valence-corrected chi connectivity index (χ2v) is 5.64. The summed E-state index contributed by atoms with van der Waals surface area (Å²) in [6.07, 6.45) is 0. The van der Waals surface area contributed by atoms with E-state index in [0.29, 0.717) is 0 Å². The van der Waals surface area contributed by atoms with Gasteiger partial charge in [-0.05, 0) is 42.5 Å². The maximum absolute atomic E-state index is 5.54. The van der Waals surface area contributed by atoms with Crippen LogP contribution in [0.15, 0.2) is 12.1 Å². The minimum absolute atomic E-state index is 0.242. The Hall–Kier alpha value is -1.06. The monoisotopic (exact) mass is 247 g/mol. The molecule has 3 nitrogen and oxygen atoms in total. The number of methoxy groups -OCH3 is 1. The number of nitrogens with one attached hydrogen (secondary N) is 1. The SMILES string of the molecule is COc1cc(C)c(C2(C3CNC3)COC2)cc1C. The second kappa shape index (κ2) is 4.25. The quantitative estimate of drug-likeness (QED) is 0.883. The van der Waals surface area contributed by atoms with E-state index in [4.69, 9.17) is 9.47 Å². The van der Waals surface area contributed by atoms with Gasteiger partial charge >= 0.3 is 0 Å².